The minimum Gasteiger partial charge on any atom is -0.348 e. The van der Waals surface area contributed by atoms with Gasteiger partial charge in [-0.05, 0) is 46.9 Å². The number of likely N-dealkylation sites (tertiary alicyclic amines) is 1. The number of fused-ring (bicyclic) bond motifs is 4. The van der Waals surface area contributed by atoms with E-state index in [0.29, 0.717) is 24.9 Å². The van der Waals surface area contributed by atoms with Gasteiger partial charge in [-0.2, -0.15) is 11.3 Å². The summed E-state index contributed by atoms with van der Waals surface area (Å²) in [7, 11) is 0. The first kappa shape index (κ1) is 18.3. The highest BCUT2D eigenvalue weighted by atomic mass is 32.1. The number of hydrogen-bond donors (Lipinski definition) is 2. The Morgan fingerprint density at radius 1 is 1.28 bits per heavy atom. The molecule has 3 aromatic rings. The van der Waals surface area contributed by atoms with Crippen LogP contribution in [0.3, 0.4) is 0 Å². The predicted octanol–water partition coefficient (Wildman–Crippen LogP) is 2.18. The van der Waals surface area contributed by atoms with Crippen molar-refractivity contribution < 1.29 is 4.79 Å². The van der Waals surface area contributed by atoms with Gasteiger partial charge in [0.1, 0.15) is 11.4 Å². The van der Waals surface area contributed by atoms with Crippen LogP contribution in [0.25, 0.3) is 0 Å². The summed E-state index contributed by atoms with van der Waals surface area (Å²) >= 11 is 1.59. The van der Waals surface area contributed by atoms with Crippen molar-refractivity contribution in [1.82, 2.24) is 24.8 Å². The van der Waals surface area contributed by atoms with Crippen LogP contribution < -0.4 is 10.9 Å². The number of nitrogens with zero attached hydrogens (tertiary/aromatic N) is 3. The van der Waals surface area contributed by atoms with Gasteiger partial charge in [0.15, 0.2) is 0 Å². The number of H-pyrrole nitrogens is 1. The molecule has 2 atom stereocenters. The highest BCUT2D eigenvalue weighted by Crippen LogP contribution is 2.35. The van der Waals surface area contributed by atoms with Gasteiger partial charge in [-0.3, -0.25) is 14.5 Å². The highest BCUT2D eigenvalue weighted by Gasteiger charge is 2.35. The van der Waals surface area contributed by atoms with E-state index in [1.54, 1.807) is 23.6 Å². The van der Waals surface area contributed by atoms with Gasteiger partial charge >= 0.3 is 0 Å². The molecule has 1 saturated heterocycles. The predicted molar refractivity (Wildman–Crippen MR) is 111 cm³/mol. The number of imidazole rings is 1. The number of carbonyl (C=O) groups is 1. The SMILES string of the molecule is O=C(NCc1ccsc1)c1ccc2n(c1=O)C[C@H]1C[C@@H]2CN(Cc2ncc[nH]2)C1. The molecule has 7 nitrogen and oxygen atoms in total. The fraction of sp³-hybridized carbons (Fsp3) is 0.381. The molecule has 2 bridgehead atoms. The van der Waals surface area contributed by atoms with Crippen molar-refractivity contribution in [2.75, 3.05) is 13.1 Å². The van der Waals surface area contributed by atoms with E-state index in [-0.39, 0.29) is 17.0 Å². The molecule has 0 aliphatic carbocycles. The minimum atomic E-state index is -0.299. The molecule has 3 aromatic heterocycles. The fourth-order valence-corrected chi connectivity index (χ4v) is 5.28. The third-order valence-electron chi connectivity index (χ3n) is 5.89. The van der Waals surface area contributed by atoms with Crippen molar-refractivity contribution in [3.63, 3.8) is 0 Å². The molecule has 8 heteroatoms. The van der Waals surface area contributed by atoms with Crippen LogP contribution in [0.15, 0.2) is 46.1 Å². The smallest absolute Gasteiger partial charge is 0.263 e. The van der Waals surface area contributed by atoms with Gasteiger partial charge in [0.05, 0.1) is 6.54 Å². The second-order valence-corrected chi connectivity index (χ2v) is 8.71. The third kappa shape index (κ3) is 3.65. The topological polar surface area (TPSA) is 83.0 Å². The molecule has 0 aromatic carbocycles. The van der Waals surface area contributed by atoms with Gasteiger partial charge in [-0.25, -0.2) is 4.98 Å². The summed E-state index contributed by atoms with van der Waals surface area (Å²) in [5, 5.41) is 6.84. The lowest BCUT2D eigenvalue weighted by molar-refractivity contribution is 0.0943. The zero-order valence-electron chi connectivity index (χ0n) is 16.0. The Hall–Kier alpha value is -2.71. The second-order valence-electron chi connectivity index (χ2n) is 7.93. The molecule has 2 N–H and O–H groups in total. The van der Waals surface area contributed by atoms with Crippen molar-refractivity contribution in [2.24, 2.45) is 5.92 Å². The van der Waals surface area contributed by atoms with Crippen LogP contribution in [0.2, 0.25) is 0 Å². The standard InChI is InChI=1S/C21H23N5O2S/c27-20(24-8-14-3-6-29-13-14)17-1-2-18-16-7-15(10-26(18)21(17)28)9-25(11-16)12-19-22-4-5-23-19/h1-6,13,15-16H,7-12H2,(H,22,23)(H,24,27)/t15-,16+/m0/s1. The average molecular weight is 410 g/mol. The molecule has 0 spiro atoms. The summed E-state index contributed by atoms with van der Waals surface area (Å²) in [6, 6.07) is 5.64. The number of rotatable bonds is 5. The Kier molecular flexibility index (Phi) is 4.81. The molecule has 0 saturated carbocycles. The maximum Gasteiger partial charge on any atom is 0.263 e. The molecule has 150 valence electrons. The lowest BCUT2D eigenvalue weighted by atomic mass is 9.83. The maximum absolute atomic E-state index is 13.1. The second kappa shape index (κ2) is 7.61. The van der Waals surface area contributed by atoms with Gasteiger partial charge in [0.25, 0.3) is 11.5 Å². The van der Waals surface area contributed by atoms with Crippen LogP contribution >= 0.6 is 11.3 Å². The van der Waals surface area contributed by atoms with E-state index in [4.69, 9.17) is 0 Å². The van der Waals surface area contributed by atoms with E-state index in [1.807, 2.05) is 33.7 Å². The summed E-state index contributed by atoms with van der Waals surface area (Å²) in [5.41, 5.74) is 2.16. The lowest BCUT2D eigenvalue weighted by Crippen LogP contribution is -2.47. The van der Waals surface area contributed by atoms with Crippen LogP contribution in [0.5, 0.6) is 0 Å². The molecule has 1 fully saturated rings. The highest BCUT2D eigenvalue weighted by molar-refractivity contribution is 7.07. The molecule has 2 aliphatic rings. The van der Waals surface area contributed by atoms with E-state index >= 15 is 0 Å². The Labute approximate surface area is 172 Å². The Morgan fingerprint density at radius 2 is 2.21 bits per heavy atom. The third-order valence-corrected chi connectivity index (χ3v) is 6.62. The van der Waals surface area contributed by atoms with E-state index in [9.17, 15) is 9.59 Å². The Balaban J connectivity index is 1.34. The van der Waals surface area contributed by atoms with Crippen LogP contribution in [0.1, 0.15) is 39.8 Å². The molecular weight excluding hydrogens is 386 g/mol. The lowest BCUT2D eigenvalue weighted by Gasteiger charge is -2.42. The molecule has 0 radical (unpaired) electrons. The number of carbonyl (C=O) groups excluding carboxylic acids is 1. The van der Waals surface area contributed by atoms with Gasteiger partial charge < -0.3 is 14.9 Å². The summed E-state index contributed by atoms with van der Waals surface area (Å²) in [6.07, 6.45) is 4.72. The number of pyridine rings is 1. The largest absolute Gasteiger partial charge is 0.348 e. The first-order valence-electron chi connectivity index (χ1n) is 9.91. The number of nitrogens with one attached hydrogen (secondary N) is 2. The summed E-state index contributed by atoms with van der Waals surface area (Å²) in [6.45, 7) is 3.76. The van der Waals surface area contributed by atoms with Gasteiger partial charge in [0, 0.05) is 50.2 Å². The molecular formula is C21H23N5O2S. The number of aromatic nitrogens is 3. The minimum absolute atomic E-state index is 0.167. The van der Waals surface area contributed by atoms with Crippen LogP contribution in [0.4, 0.5) is 0 Å². The molecule has 1 amide bonds. The van der Waals surface area contributed by atoms with Gasteiger partial charge in [-0.1, -0.05) is 0 Å². The van der Waals surface area contributed by atoms with Gasteiger partial charge in [-0.15, -0.1) is 0 Å². The van der Waals surface area contributed by atoms with Crippen molar-refractivity contribution >= 4 is 17.2 Å². The summed E-state index contributed by atoms with van der Waals surface area (Å²) in [5.74, 6) is 1.40. The zero-order chi connectivity index (χ0) is 19.8. The number of aromatic amines is 1. The van der Waals surface area contributed by atoms with Crippen molar-refractivity contribution in [3.8, 4) is 0 Å². The maximum atomic E-state index is 13.1. The van der Waals surface area contributed by atoms with E-state index < -0.39 is 0 Å². The first-order chi connectivity index (χ1) is 14.2. The average Bonchev–Trinajstić information content (AvgIpc) is 3.41. The monoisotopic (exact) mass is 409 g/mol. The first-order valence-corrected chi connectivity index (χ1v) is 10.9. The van der Waals surface area contributed by atoms with Gasteiger partial charge in [0.2, 0.25) is 0 Å². The quantitative estimate of drug-likeness (QED) is 0.677. The molecule has 0 unspecified atom stereocenters. The molecule has 5 heterocycles. The van der Waals surface area contributed by atoms with Crippen molar-refractivity contribution in [3.05, 3.63) is 74.4 Å². The number of amides is 1. The van der Waals surface area contributed by atoms with E-state index in [0.717, 1.165) is 43.1 Å². The number of thiophene rings is 1. The molecule has 2 aliphatic heterocycles. The number of piperidine rings is 1. The summed E-state index contributed by atoms with van der Waals surface area (Å²) in [4.78, 5) is 35.6. The van der Waals surface area contributed by atoms with E-state index in [1.165, 1.54) is 0 Å². The normalized spacial score (nSPS) is 21.0. The van der Waals surface area contributed by atoms with Crippen LogP contribution in [-0.2, 0) is 19.6 Å². The molecule has 29 heavy (non-hydrogen) atoms. The van der Waals surface area contributed by atoms with E-state index in [2.05, 4.69) is 20.2 Å². The van der Waals surface area contributed by atoms with Crippen molar-refractivity contribution in [1.29, 1.82) is 0 Å². The Morgan fingerprint density at radius 3 is 3.00 bits per heavy atom. The fourth-order valence-electron chi connectivity index (χ4n) is 4.61. The molecule has 5 rings (SSSR count). The Bertz CT molecular complexity index is 1060. The number of hydrogen-bond acceptors (Lipinski definition) is 5. The summed E-state index contributed by atoms with van der Waals surface area (Å²) < 4.78 is 1.84. The van der Waals surface area contributed by atoms with Crippen LogP contribution in [-0.4, -0.2) is 38.4 Å². The van der Waals surface area contributed by atoms with Crippen LogP contribution in [0, 0.1) is 5.92 Å². The van der Waals surface area contributed by atoms with Crippen molar-refractivity contribution in [2.45, 2.75) is 32.0 Å². The zero-order valence-corrected chi connectivity index (χ0v) is 16.8.